The fraction of sp³-hybridized carbons (Fsp3) is 0.389. The van der Waals surface area contributed by atoms with Crippen LogP contribution in [0.25, 0.3) is 10.9 Å². The Labute approximate surface area is 124 Å². The van der Waals surface area contributed by atoms with E-state index in [2.05, 4.69) is 22.0 Å². The summed E-state index contributed by atoms with van der Waals surface area (Å²) in [6.07, 6.45) is 9.22. The Kier molecular flexibility index (Phi) is 2.88. The number of hydrogen-bond acceptors (Lipinski definition) is 1. The summed E-state index contributed by atoms with van der Waals surface area (Å²) in [5, 5.41) is 4.24. The second-order valence-corrected chi connectivity index (χ2v) is 6.45. The summed E-state index contributed by atoms with van der Waals surface area (Å²) in [5.41, 5.74) is 1.91. The summed E-state index contributed by atoms with van der Waals surface area (Å²) in [6.45, 7) is 0.803. The van der Waals surface area contributed by atoms with Crippen LogP contribution in [0, 0.1) is 17.8 Å². The molecule has 1 aromatic carbocycles. The first-order valence-electron chi connectivity index (χ1n) is 7.72. The van der Waals surface area contributed by atoms with Crippen LogP contribution in [-0.4, -0.2) is 17.0 Å². The lowest BCUT2D eigenvalue weighted by Gasteiger charge is -2.18. The van der Waals surface area contributed by atoms with E-state index in [-0.39, 0.29) is 5.91 Å². The molecule has 1 amide bonds. The highest BCUT2D eigenvalue weighted by Crippen LogP contribution is 2.42. The maximum Gasteiger partial charge on any atom is 0.251 e. The number of aromatic nitrogens is 1. The van der Waals surface area contributed by atoms with Crippen molar-refractivity contribution in [3.8, 4) is 0 Å². The van der Waals surface area contributed by atoms with Gasteiger partial charge in [0, 0.05) is 36.3 Å². The fourth-order valence-electron chi connectivity index (χ4n) is 3.88. The molecule has 3 heteroatoms. The number of hydrogen-bond donors (Lipinski definition) is 1. The quantitative estimate of drug-likeness (QED) is 0.861. The smallest absolute Gasteiger partial charge is 0.251 e. The van der Waals surface area contributed by atoms with Crippen molar-refractivity contribution in [1.29, 1.82) is 0 Å². The summed E-state index contributed by atoms with van der Waals surface area (Å²) >= 11 is 0. The third-order valence-electron chi connectivity index (χ3n) is 5.09. The molecule has 0 radical (unpaired) electrons. The van der Waals surface area contributed by atoms with Gasteiger partial charge < -0.3 is 9.88 Å². The van der Waals surface area contributed by atoms with E-state index in [9.17, 15) is 4.79 Å². The van der Waals surface area contributed by atoms with Gasteiger partial charge in [-0.25, -0.2) is 0 Å². The lowest BCUT2D eigenvalue weighted by molar-refractivity contribution is 0.0945. The summed E-state index contributed by atoms with van der Waals surface area (Å²) in [4.78, 5) is 12.3. The first kappa shape index (κ1) is 12.7. The van der Waals surface area contributed by atoms with E-state index in [1.165, 1.54) is 12.8 Å². The lowest BCUT2D eigenvalue weighted by atomic mass is 9.93. The number of nitrogens with one attached hydrogen (secondary N) is 1. The summed E-state index contributed by atoms with van der Waals surface area (Å²) in [5.74, 6) is 2.13. The molecule has 2 aliphatic carbocycles. The number of rotatable bonds is 3. The van der Waals surface area contributed by atoms with E-state index in [0.717, 1.165) is 28.9 Å². The van der Waals surface area contributed by atoms with Crippen LogP contribution in [0.5, 0.6) is 0 Å². The average molecular weight is 280 g/mol. The van der Waals surface area contributed by atoms with E-state index in [4.69, 9.17) is 0 Å². The van der Waals surface area contributed by atoms with E-state index in [1.54, 1.807) is 0 Å². The molecule has 1 aromatic heterocycles. The van der Waals surface area contributed by atoms with Gasteiger partial charge in [-0.1, -0.05) is 12.2 Å². The predicted molar refractivity (Wildman–Crippen MR) is 84.1 cm³/mol. The summed E-state index contributed by atoms with van der Waals surface area (Å²) < 4.78 is 2.07. The Morgan fingerprint density at radius 2 is 2.19 bits per heavy atom. The van der Waals surface area contributed by atoms with Crippen LogP contribution >= 0.6 is 0 Å². The van der Waals surface area contributed by atoms with Crippen molar-refractivity contribution in [3.63, 3.8) is 0 Å². The number of fused-ring (bicyclic) bond motifs is 3. The van der Waals surface area contributed by atoms with E-state index in [1.807, 2.05) is 37.5 Å². The van der Waals surface area contributed by atoms with Gasteiger partial charge in [0.25, 0.3) is 5.91 Å². The van der Waals surface area contributed by atoms with Gasteiger partial charge in [0.05, 0.1) is 0 Å². The highest BCUT2D eigenvalue weighted by molar-refractivity contribution is 5.98. The molecule has 0 aliphatic heterocycles. The van der Waals surface area contributed by atoms with Gasteiger partial charge in [-0.05, 0) is 54.9 Å². The minimum absolute atomic E-state index is 0.0486. The van der Waals surface area contributed by atoms with Crippen molar-refractivity contribution < 1.29 is 4.79 Å². The normalized spacial score (nSPS) is 26.6. The van der Waals surface area contributed by atoms with Gasteiger partial charge in [0.1, 0.15) is 0 Å². The Morgan fingerprint density at radius 3 is 2.95 bits per heavy atom. The number of carbonyl (C=O) groups excluding carboxylic acids is 1. The third kappa shape index (κ3) is 2.17. The van der Waals surface area contributed by atoms with Gasteiger partial charge in [-0.2, -0.15) is 0 Å². The molecular weight excluding hydrogens is 260 g/mol. The first-order chi connectivity index (χ1) is 10.2. The fourth-order valence-corrected chi connectivity index (χ4v) is 3.88. The van der Waals surface area contributed by atoms with Crippen LogP contribution in [0.2, 0.25) is 0 Å². The number of aryl methyl sites for hydroxylation is 1. The lowest BCUT2D eigenvalue weighted by Crippen LogP contribution is -2.30. The number of benzene rings is 1. The van der Waals surface area contributed by atoms with Crippen LogP contribution in [0.4, 0.5) is 0 Å². The van der Waals surface area contributed by atoms with Crippen LogP contribution in [-0.2, 0) is 7.05 Å². The molecule has 2 aliphatic rings. The molecule has 3 nitrogen and oxygen atoms in total. The SMILES string of the molecule is Cn1ccc2cc(C(=O)NC[C@H]3C[C@H]4C=C[C@@H]3C4)ccc21. The van der Waals surface area contributed by atoms with Crippen LogP contribution in [0.15, 0.2) is 42.6 Å². The maximum atomic E-state index is 12.3. The molecule has 2 aromatic rings. The molecular formula is C18H20N2O. The van der Waals surface area contributed by atoms with Crippen molar-refractivity contribution in [1.82, 2.24) is 9.88 Å². The Hall–Kier alpha value is -2.03. The monoisotopic (exact) mass is 280 g/mol. The Morgan fingerprint density at radius 1 is 1.29 bits per heavy atom. The zero-order chi connectivity index (χ0) is 14.4. The van der Waals surface area contributed by atoms with Gasteiger partial charge in [0.2, 0.25) is 0 Å². The van der Waals surface area contributed by atoms with Crippen molar-refractivity contribution in [2.45, 2.75) is 12.8 Å². The molecule has 2 bridgehead atoms. The minimum Gasteiger partial charge on any atom is -0.352 e. The number of nitrogens with zero attached hydrogens (tertiary/aromatic N) is 1. The molecule has 0 spiro atoms. The second-order valence-electron chi connectivity index (χ2n) is 6.45. The van der Waals surface area contributed by atoms with Gasteiger partial charge in [-0.3, -0.25) is 4.79 Å². The molecule has 0 unspecified atom stereocenters. The maximum absolute atomic E-state index is 12.3. The van der Waals surface area contributed by atoms with Crippen molar-refractivity contribution in [3.05, 3.63) is 48.2 Å². The Balaban J connectivity index is 1.45. The first-order valence-corrected chi connectivity index (χ1v) is 7.72. The van der Waals surface area contributed by atoms with Gasteiger partial charge >= 0.3 is 0 Å². The topological polar surface area (TPSA) is 34.0 Å². The Bertz CT molecular complexity index is 728. The number of carbonyl (C=O) groups is 1. The van der Waals surface area contributed by atoms with Crippen molar-refractivity contribution in [2.24, 2.45) is 24.8 Å². The van der Waals surface area contributed by atoms with Crippen LogP contribution in [0.1, 0.15) is 23.2 Å². The zero-order valence-electron chi connectivity index (χ0n) is 12.3. The third-order valence-corrected chi connectivity index (χ3v) is 5.09. The predicted octanol–water partition coefficient (Wildman–Crippen LogP) is 3.12. The highest BCUT2D eigenvalue weighted by atomic mass is 16.1. The summed E-state index contributed by atoms with van der Waals surface area (Å²) in [7, 11) is 2.02. The van der Waals surface area contributed by atoms with E-state index >= 15 is 0 Å². The van der Waals surface area contributed by atoms with Gasteiger partial charge in [0.15, 0.2) is 0 Å². The molecule has 3 atom stereocenters. The molecule has 1 fully saturated rings. The minimum atomic E-state index is 0.0486. The summed E-state index contributed by atoms with van der Waals surface area (Å²) in [6, 6.07) is 7.96. The van der Waals surface area contributed by atoms with Crippen LogP contribution in [0.3, 0.4) is 0 Å². The molecule has 108 valence electrons. The highest BCUT2D eigenvalue weighted by Gasteiger charge is 2.35. The molecule has 1 N–H and O–H groups in total. The van der Waals surface area contributed by atoms with Gasteiger partial charge in [-0.15, -0.1) is 0 Å². The molecule has 1 saturated carbocycles. The average Bonchev–Trinajstić information content (AvgIpc) is 3.20. The van der Waals surface area contributed by atoms with E-state index in [0.29, 0.717) is 11.8 Å². The van der Waals surface area contributed by atoms with Crippen molar-refractivity contribution in [2.75, 3.05) is 6.54 Å². The number of allylic oxidation sites excluding steroid dienone is 2. The molecule has 0 saturated heterocycles. The standard InChI is InChI=1S/C18H20N2O/c1-20-7-6-14-10-15(4-5-17(14)20)18(21)19-11-16-9-12-2-3-13(16)8-12/h2-7,10,12-13,16H,8-9,11H2,1H3,(H,19,21)/t12-,13+,16+/m0/s1. The molecule has 21 heavy (non-hydrogen) atoms. The van der Waals surface area contributed by atoms with Crippen LogP contribution < -0.4 is 5.32 Å². The molecule has 4 rings (SSSR count). The number of amides is 1. The van der Waals surface area contributed by atoms with Crippen molar-refractivity contribution >= 4 is 16.8 Å². The van der Waals surface area contributed by atoms with E-state index < -0.39 is 0 Å². The second kappa shape index (κ2) is 4.76. The zero-order valence-corrected chi connectivity index (χ0v) is 12.3. The largest absolute Gasteiger partial charge is 0.352 e. The molecule has 1 heterocycles.